The number of fused-ring (bicyclic) bond motifs is 1. The van der Waals surface area contributed by atoms with Crippen molar-refractivity contribution in [2.24, 2.45) is 5.10 Å². The lowest BCUT2D eigenvalue weighted by Gasteiger charge is -2.24. The molecule has 1 heterocycles. The smallest absolute Gasteiger partial charge is 0.284 e. The number of hydrazone groups is 1. The molecule has 0 aromatic heterocycles. The van der Waals surface area contributed by atoms with Crippen LogP contribution >= 0.6 is 11.6 Å². The van der Waals surface area contributed by atoms with Crippen LogP contribution in [0.15, 0.2) is 53.6 Å². The number of amides is 1. The summed E-state index contributed by atoms with van der Waals surface area (Å²) in [4.78, 5) is 12.0. The van der Waals surface area contributed by atoms with Gasteiger partial charge >= 0.3 is 0 Å². The molecule has 0 fully saturated rings. The van der Waals surface area contributed by atoms with Crippen LogP contribution in [-0.2, 0) is 4.79 Å². The second-order valence-electron chi connectivity index (χ2n) is 4.65. The molecular weight excluding hydrogens is 304 g/mol. The molecular formula is C16H13ClN2O3. The molecule has 6 heteroatoms. The Bertz CT molecular complexity index is 701. The lowest BCUT2D eigenvalue weighted by molar-refractivity contribution is -0.130. The molecule has 2 aromatic rings. The normalized spacial score (nSPS) is 16.5. The third-order valence-corrected chi connectivity index (χ3v) is 3.31. The number of carbonyl (C=O) groups excluding carboxylic acids is 1. The zero-order valence-electron chi connectivity index (χ0n) is 11.5. The molecule has 0 aliphatic carbocycles. The first-order chi connectivity index (χ1) is 10.7. The molecule has 3 rings (SSSR count). The minimum absolute atomic E-state index is 0.152. The largest absolute Gasteiger partial charge is 0.485 e. The van der Waals surface area contributed by atoms with Crippen LogP contribution in [0.1, 0.15) is 5.56 Å². The van der Waals surface area contributed by atoms with Crippen molar-refractivity contribution in [2.45, 2.75) is 6.10 Å². The predicted molar refractivity (Wildman–Crippen MR) is 83.5 cm³/mol. The highest BCUT2D eigenvalue weighted by Gasteiger charge is 2.26. The molecule has 0 saturated carbocycles. The lowest BCUT2D eigenvalue weighted by atomic mass is 10.2. The molecule has 1 amide bonds. The summed E-state index contributed by atoms with van der Waals surface area (Å²) in [7, 11) is 0. The number of carbonyl (C=O) groups is 1. The summed E-state index contributed by atoms with van der Waals surface area (Å²) in [5.74, 6) is 0.825. The van der Waals surface area contributed by atoms with Crippen molar-refractivity contribution in [1.29, 1.82) is 0 Å². The third-order valence-electron chi connectivity index (χ3n) is 3.06. The van der Waals surface area contributed by atoms with Crippen LogP contribution in [0.3, 0.4) is 0 Å². The Morgan fingerprint density at radius 1 is 1.18 bits per heavy atom. The number of nitrogens with one attached hydrogen (secondary N) is 1. The molecule has 0 unspecified atom stereocenters. The number of hydrogen-bond acceptors (Lipinski definition) is 4. The highest BCUT2D eigenvalue weighted by atomic mass is 35.5. The molecule has 5 nitrogen and oxygen atoms in total. The van der Waals surface area contributed by atoms with Gasteiger partial charge in [-0.05, 0) is 29.8 Å². The number of rotatable bonds is 3. The van der Waals surface area contributed by atoms with Crippen LogP contribution in [0.2, 0.25) is 5.02 Å². The van der Waals surface area contributed by atoms with E-state index in [0.717, 1.165) is 5.56 Å². The molecule has 1 N–H and O–H groups in total. The highest BCUT2D eigenvalue weighted by Crippen LogP contribution is 2.30. The second-order valence-corrected chi connectivity index (χ2v) is 5.09. The van der Waals surface area contributed by atoms with Gasteiger partial charge in [0.05, 0.1) is 6.21 Å². The van der Waals surface area contributed by atoms with Crippen molar-refractivity contribution < 1.29 is 14.3 Å². The van der Waals surface area contributed by atoms with Gasteiger partial charge in [-0.1, -0.05) is 35.9 Å². The van der Waals surface area contributed by atoms with E-state index in [4.69, 9.17) is 21.1 Å². The van der Waals surface area contributed by atoms with Gasteiger partial charge < -0.3 is 9.47 Å². The zero-order valence-corrected chi connectivity index (χ0v) is 12.3. The minimum Gasteiger partial charge on any atom is -0.485 e. The Hall–Kier alpha value is -2.53. The van der Waals surface area contributed by atoms with E-state index in [9.17, 15) is 4.79 Å². The maximum absolute atomic E-state index is 12.0. The van der Waals surface area contributed by atoms with Gasteiger partial charge in [0.15, 0.2) is 11.5 Å². The second kappa shape index (κ2) is 6.49. The Morgan fingerprint density at radius 2 is 1.91 bits per heavy atom. The van der Waals surface area contributed by atoms with E-state index in [1.165, 1.54) is 6.21 Å². The summed E-state index contributed by atoms with van der Waals surface area (Å²) in [6.45, 7) is 0.152. The van der Waals surface area contributed by atoms with E-state index in [2.05, 4.69) is 10.5 Å². The van der Waals surface area contributed by atoms with Crippen LogP contribution in [0.4, 0.5) is 0 Å². The summed E-state index contributed by atoms with van der Waals surface area (Å²) in [5.41, 5.74) is 3.27. The summed E-state index contributed by atoms with van der Waals surface area (Å²) >= 11 is 5.79. The standard InChI is InChI=1S/C16H13ClN2O3/c17-12-7-5-11(6-8-12)9-18-19-16(20)15-10-21-13-3-1-2-4-14(13)22-15/h1-9,15H,10H2,(H,19,20)/b18-9-/t15-/m1/s1. The maximum atomic E-state index is 12.0. The number of benzene rings is 2. The van der Waals surface area contributed by atoms with Crippen molar-refractivity contribution in [3.8, 4) is 11.5 Å². The Kier molecular flexibility index (Phi) is 4.25. The van der Waals surface area contributed by atoms with E-state index in [-0.39, 0.29) is 12.5 Å². The summed E-state index contributed by atoms with van der Waals surface area (Å²) in [6.07, 6.45) is 0.809. The monoisotopic (exact) mass is 316 g/mol. The average Bonchev–Trinajstić information content (AvgIpc) is 2.56. The third kappa shape index (κ3) is 3.38. The minimum atomic E-state index is -0.725. The Balaban J connectivity index is 1.58. The first-order valence-corrected chi connectivity index (χ1v) is 7.07. The fraction of sp³-hybridized carbons (Fsp3) is 0.125. The van der Waals surface area contributed by atoms with E-state index in [0.29, 0.717) is 16.5 Å². The molecule has 0 saturated heterocycles. The fourth-order valence-corrected chi connectivity index (χ4v) is 2.07. The SMILES string of the molecule is O=C(N/N=C\c1ccc(Cl)cc1)[C@H]1COc2ccccc2O1. The first kappa shape index (κ1) is 14.4. The van der Waals surface area contributed by atoms with Crippen LogP contribution in [0.25, 0.3) is 0 Å². The quantitative estimate of drug-likeness (QED) is 0.699. The Labute approximate surface area is 132 Å². The molecule has 112 valence electrons. The van der Waals surface area contributed by atoms with Gasteiger partial charge in [-0.15, -0.1) is 0 Å². The van der Waals surface area contributed by atoms with Crippen molar-refractivity contribution in [2.75, 3.05) is 6.61 Å². The van der Waals surface area contributed by atoms with E-state index in [1.54, 1.807) is 36.4 Å². The number of halogens is 1. The maximum Gasteiger partial charge on any atom is 0.284 e. The number of ether oxygens (including phenoxy) is 2. The van der Waals surface area contributed by atoms with Crippen molar-refractivity contribution >= 4 is 23.7 Å². The number of para-hydroxylation sites is 2. The topological polar surface area (TPSA) is 59.9 Å². The molecule has 1 atom stereocenters. The van der Waals surface area contributed by atoms with E-state index >= 15 is 0 Å². The van der Waals surface area contributed by atoms with Gasteiger partial charge in [-0.2, -0.15) is 5.10 Å². The molecule has 2 aromatic carbocycles. The van der Waals surface area contributed by atoms with Crippen LogP contribution < -0.4 is 14.9 Å². The molecule has 1 aliphatic rings. The molecule has 0 spiro atoms. The molecule has 1 aliphatic heterocycles. The van der Waals surface area contributed by atoms with Crippen molar-refractivity contribution in [3.63, 3.8) is 0 Å². The fourth-order valence-electron chi connectivity index (χ4n) is 1.94. The summed E-state index contributed by atoms with van der Waals surface area (Å²) in [5, 5.41) is 4.55. The summed E-state index contributed by atoms with van der Waals surface area (Å²) in [6, 6.07) is 14.3. The average molecular weight is 317 g/mol. The predicted octanol–water partition coefficient (Wildman–Crippen LogP) is 2.63. The van der Waals surface area contributed by atoms with Gasteiger partial charge in [0, 0.05) is 5.02 Å². The molecule has 0 bridgehead atoms. The number of hydrogen-bond donors (Lipinski definition) is 1. The van der Waals surface area contributed by atoms with Crippen LogP contribution in [0.5, 0.6) is 11.5 Å². The van der Waals surface area contributed by atoms with Gasteiger partial charge in [0.2, 0.25) is 6.10 Å². The Morgan fingerprint density at radius 3 is 2.68 bits per heavy atom. The van der Waals surface area contributed by atoms with Gasteiger partial charge in [-0.25, -0.2) is 5.43 Å². The summed E-state index contributed by atoms with van der Waals surface area (Å²) < 4.78 is 11.1. The zero-order chi connectivity index (χ0) is 15.4. The van der Waals surface area contributed by atoms with E-state index < -0.39 is 6.10 Å². The highest BCUT2D eigenvalue weighted by molar-refractivity contribution is 6.30. The van der Waals surface area contributed by atoms with Crippen LogP contribution in [-0.4, -0.2) is 24.8 Å². The van der Waals surface area contributed by atoms with Crippen molar-refractivity contribution in [3.05, 3.63) is 59.1 Å². The molecule has 22 heavy (non-hydrogen) atoms. The van der Waals surface area contributed by atoms with Gasteiger partial charge in [-0.3, -0.25) is 4.79 Å². The lowest BCUT2D eigenvalue weighted by Crippen LogP contribution is -2.42. The van der Waals surface area contributed by atoms with E-state index in [1.807, 2.05) is 12.1 Å². The first-order valence-electron chi connectivity index (χ1n) is 6.69. The van der Waals surface area contributed by atoms with Gasteiger partial charge in [0.1, 0.15) is 6.61 Å². The molecule has 0 radical (unpaired) electrons. The van der Waals surface area contributed by atoms with Crippen molar-refractivity contribution in [1.82, 2.24) is 5.43 Å². The number of nitrogens with zero attached hydrogens (tertiary/aromatic N) is 1. The van der Waals surface area contributed by atoms with Gasteiger partial charge in [0.25, 0.3) is 5.91 Å². The van der Waals surface area contributed by atoms with Crippen LogP contribution in [0, 0.1) is 0 Å².